The zero-order valence-electron chi connectivity index (χ0n) is 19.4. The number of pyridine rings is 1. The van der Waals surface area contributed by atoms with Crippen LogP contribution in [0, 0.1) is 0 Å². The molecule has 0 saturated carbocycles. The van der Waals surface area contributed by atoms with E-state index < -0.39 is 5.60 Å². The summed E-state index contributed by atoms with van der Waals surface area (Å²) in [5, 5.41) is 12.4. The number of aromatic nitrogens is 4. The Balaban J connectivity index is 1.62. The summed E-state index contributed by atoms with van der Waals surface area (Å²) in [5.41, 5.74) is 2.78. The van der Waals surface area contributed by atoms with Gasteiger partial charge in [0.1, 0.15) is 11.9 Å². The van der Waals surface area contributed by atoms with Gasteiger partial charge >= 0.3 is 6.09 Å². The van der Waals surface area contributed by atoms with E-state index in [4.69, 9.17) is 4.74 Å². The molecule has 0 aliphatic heterocycles. The summed E-state index contributed by atoms with van der Waals surface area (Å²) < 4.78 is 5.38. The standard InChI is InChI=1S/C24H30N6O3/c1-24(2,3)33-23(32)30(4)12-6-9-19-14-18(10-11-25-19)21-26-16-27-22(29-21)28-20-8-5-7-17(13-20)15-31/h5,7-8,10-11,13-14,16,31H,6,9,12,15H2,1-4H3,(H,26,27,28,29). The van der Waals surface area contributed by atoms with E-state index in [9.17, 15) is 9.90 Å². The maximum absolute atomic E-state index is 12.1. The maximum Gasteiger partial charge on any atom is 0.410 e. The maximum atomic E-state index is 12.1. The van der Waals surface area contributed by atoms with Gasteiger partial charge in [-0.15, -0.1) is 0 Å². The van der Waals surface area contributed by atoms with Crippen molar-refractivity contribution in [3.05, 3.63) is 60.2 Å². The molecule has 3 rings (SSSR count). The average Bonchev–Trinajstić information content (AvgIpc) is 2.78. The minimum absolute atomic E-state index is 0.0364. The van der Waals surface area contributed by atoms with Gasteiger partial charge in [-0.1, -0.05) is 12.1 Å². The predicted octanol–water partition coefficient (Wildman–Crippen LogP) is 3.97. The molecule has 1 aromatic carbocycles. The van der Waals surface area contributed by atoms with Gasteiger partial charge in [0.25, 0.3) is 0 Å². The third kappa shape index (κ3) is 7.50. The first kappa shape index (κ1) is 24.1. The number of aliphatic hydroxyl groups is 1. The van der Waals surface area contributed by atoms with E-state index in [1.165, 1.54) is 6.33 Å². The molecule has 0 radical (unpaired) electrons. The van der Waals surface area contributed by atoms with Crippen molar-refractivity contribution in [3.63, 3.8) is 0 Å². The molecule has 9 heteroatoms. The molecule has 0 aliphatic rings. The number of amides is 1. The fourth-order valence-electron chi connectivity index (χ4n) is 3.05. The molecule has 33 heavy (non-hydrogen) atoms. The Morgan fingerprint density at radius 2 is 1.97 bits per heavy atom. The molecular formula is C24H30N6O3. The first-order chi connectivity index (χ1) is 15.7. The van der Waals surface area contributed by atoms with E-state index in [2.05, 4.69) is 25.3 Å². The van der Waals surface area contributed by atoms with E-state index in [-0.39, 0.29) is 12.7 Å². The first-order valence-electron chi connectivity index (χ1n) is 10.8. The number of nitrogens with one attached hydrogen (secondary N) is 1. The Kier molecular flexibility index (Phi) is 7.89. The summed E-state index contributed by atoms with van der Waals surface area (Å²) in [5.74, 6) is 0.938. The van der Waals surface area contributed by atoms with Crippen LogP contribution in [-0.2, 0) is 17.8 Å². The zero-order valence-corrected chi connectivity index (χ0v) is 19.4. The van der Waals surface area contributed by atoms with Crippen molar-refractivity contribution < 1.29 is 14.6 Å². The molecule has 0 saturated heterocycles. The number of ether oxygens (including phenoxy) is 1. The molecule has 0 aliphatic carbocycles. The lowest BCUT2D eigenvalue weighted by molar-refractivity contribution is 0.0297. The van der Waals surface area contributed by atoms with Crippen LogP contribution in [0.4, 0.5) is 16.4 Å². The number of aliphatic hydroxyl groups excluding tert-OH is 1. The van der Waals surface area contributed by atoms with Crippen LogP contribution < -0.4 is 5.32 Å². The molecule has 0 spiro atoms. The van der Waals surface area contributed by atoms with Gasteiger partial charge < -0.3 is 20.1 Å². The van der Waals surface area contributed by atoms with Crippen LogP contribution in [0.3, 0.4) is 0 Å². The number of carbonyl (C=O) groups excluding carboxylic acids is 1. The van der Waals surface area contributed by atoms with E-state index in [1.54, 1.807) is 18.1 Å². The van der Waals surface area contributed by atoms with Gasteiger partial charge in [0.15, 0.2) is 5.82 Å². The second-order valence-corrected chi connectivity index (χ2v) is 8.66. The summed E-state index contributed by atoms with van der Waals surface area (Å²) in [6.07, 6.45) is 4.29. The molecule has 9 nitrogen and oxygen atoms in total. The predicted molar refractivity (Wildman–Crippen MR) is 126 cm³/mol. The number of rotatable bonds is 8. The van der Waals surface area contributed by atoms with Crippen LogP contribution in [-0.4, -0.2) is 55.2 Å². The van der Waals surface area contributed by atoms with E-state index >= 15 is 0 Å². The van der Waals surface area contributed by atoms with Crippen LogP contribution in [0.25, 0.3) is 11.4 Å². The number of hydrogen-bond acceptors (Lipinski definition) is 8. The van der Waals surface area contributed by atoms with Crippen molar-refractivity contribution in [3.8, 4) is 11.4 Å². The van der Waals surface area contributed by atoms with Crippen molar-refractivity contribution in [2.24, 2.45) is 0 Å². The number of carbonyl (C=O) groups is 1. The third-order valence-electron chi connectivity index (χ3n) is 4.64. The second kappa shape index (κ2) is 10.8. The minimum atomic E-state index is -0.513. The number of benzene rings is 1. The largest absolute Gasteiger partial charge is 0.444 e. The summed E-state index contributed by atoms with van der Waals surface area (Å²) in [6.45, 7) is 6.08. The van der Waals surface area contributed by atoms with Gasteiger partial charge in [-0.05, 0) is 63.4 Å². The lowest BCUT2D eigenvalue weighted by Gasteiger charge is -2.24. The molecule has 2 aromatic heterocycles. The number of nitrogens with zero attached hydrogens (tertiary/aromatic N) is 5. The van der Waals surface area contributed by atoms with E-state index in [0.717, 1.165) is 28.9 Å². The van der Waals surface area contributed by atoms with Gasteiger partial charge in [-0.2, -0.15) is 4.98 Å². The van der Waals surface area contributed by atoms with Crippen LogP contribution in [0.5, 0.6) is 0 Å². The molecule has 0 atom stereocenters. The highest BCUT2D eigenvalue weighted by atomic mass is 16.6. The molecule has 174 valence electrons. The minimum Gasteiger partial charge on any atom is -0.444 e. The Morgan fingerprint density at radius 3 is 2.73 bits per heavy atom. The fraction of sp³-hybridized carbons (Fsp3) is 0.375. The fourth-order valence-corrected chi connectivity index (χ4v) is 3.05. The normalized spacial score (nSPS) is 11.2. The highest BCUT2D eigenvalue weighted by molar-refractivity contribution is 5.67. The van der Waals surface area contributed by atoms with E-state index in [1.807, 2.05) is 57.2 Å². The molecular weight excluding hydrogens is 420 g/mol. The van der Waals surface area contributed by atoms with Gasteiger partial charge in [-0.25, -0.2) is 14.8 Å². The second-order valence-electron chi connectivity index (χ2n) is 8.66. The number of hydrogen-bond donors (Lipinski definition) is 2. The van der Waals surface area contributed by atoms with E-state index in [0.29, 0.717) is 24.7 Å². The van der Waals surface area contributed by atoms with Crippen LogP contribution >= 0.6 is 0 Å². The van der Waals surface area contributed by atoms with Crippen molar-refractivity contribution in [2.75, 3.05) is 18.9 Å². The lowest BCUT2D eigenvalue weighted by atomic mass is 10.1. The molecule has 2 N–H and O–H groups in total. The van der Waals surface area contributed by atoms with Crippen molar-refractivity contribution in [1.29, 1.82) is 0 Å². The van der Waals surface area contributed by atoms with Crippen LogP contribution in [0.15, 0.2) is 48.9 Å². The van der Waals surface area contributed by atoms with Gasteiger partial charge in [-0.3, -0.25) is 4.98 Å². The molecule has 2 heterocycles. The molecule has 1 amide bonds. The van der Waals surface area contributed by atoms with Crippen molar-refractivity contribution in [1.82, 2.24) is 24.8 Å². The van der Waals surface area contributed by atoms with Crippen molar-refractivity contribution in [2.45, 2.75) is 45.8 Å². The number of aryl methyl sites for hydroxylation is 1. The molecule has 3 aromatic rings. The summed E-state index contributed by atoms with van der Waals surface area (Å²) in [7, 11) is 1.73. The Labute approximate surface area is 193 Å². The third-order valence-corrected chi connectivity index (χ3v) is 4.64. The monoisotopic (exact) mass is 450 g/mol. The highest BCUT2D eigenvalue weighted by Crippen LogP contribution is 2.19. The van der Waals surface area contributed by atoms with Crippen LogP contribution in [0.1, 0.15) is 38.4 Å². The Morgan fingerprint density at radius 1 is 1.15 bits per heavy atom. The van der Waals surface area contributed by atoms with Gasteiger partial charge in [0.2, 0.25) is 5.95 Å². The first-order valence-corrected chi connectivity index (χ1v) is 10.8. The SMILES string of the molecule is CN(CCCc1cc(-c2ncnc(Nc3cccc(CO)c3)n2)ccn1)C(=O)OC(C)(C)C. The van der Waals surface area contributed by atoms with Gasteiger partial charge in [0.05, 0.1) is 6.61 Å². The van der Waals surface area contributed by atoms with Gasteiger partial charge in [0, 0.05) is 36.7 Å². The molecule has 0 unspecified atom stereocenters. The Bertz CT molecular complexity index is 1080. The summed E-state index contributed by atoms with van der Waals surface area (Å²) in [6, 6.07) is 11.2. The molecule has 0 fully saturated rings. The summed E-state index contributed by atoms with van der Waals surface area (Å²) >= 11 is 0. The summed E-state index contributed by atoms with van der Waals surface area (Å²) in [4.78, 5) is 31.1. The quantitative estimate of drug-likeness (QED) is 0.530. The molecule has 0 bridgehead atoms. The van der Waals surface area contributed by atoms with Crippen molar-refractivity contribution >= 4 is 17.7 Å². The topological polar surface area (TPSA) is 113 Å². The lowest BCUT2D eigenvalue weighted by Crippen LogP contribution is -2.34. The smallest absolute Gasteiger partial charge is 0.410 e. The highest BCUT2D eigenvalue weighted by Gasteiger charge is 2.19. The zero-order chi connectivity index (χ0) is 23.8. The Hall–Kier alpha value is -3.59. The number of anilines is 2. The van der Waals surface area contributed by atoms with Crippen LogP contribution in [0.2, 0.25) is 0 Å². The average molecular weight is 451 g/mol.